The molecule has 0 aliphatic carbocycles. The second kappa shape index (κ2) is 14.9. The van der Waals surface area contributed by atoms with Gasteiger partial charge >= 0.3 is 17.1 Å². The summed E-state index contributed by atoms with van der Waals surface area (Å²) >= 11 is 0. The predicted octanol–water partition coefficient (Wildman–Crippen LogP) is -0.146. The summed E-state index contributed by atoms with van der Waals surface area (Å²) in [6.07, 6.45) is 5.44. The molecule has 0 saturated heterocycles. The Balaban J connectivity index is 0.00000138. The number of methoxy groups -OCH3 is 2. The van der Waals surface area contributed by atoms with Gasteiger partial charge < -0.3 is 39.5 Å². The molecule has 2 rings (SSSR count). The number of ketones is 2. The van der Waals surface area contributed by atoms with Gasteiger partial charge in [0.15, 0.2) is 34.6 Å². The Morgan fingerprint density at radius 1 is 0.765 bits per heavy atom. The number of phenols is 2. The van der Waals surface area contributed by atoms with E-state index < -0.39 is 11.9 Å². The molecule has 0 radical (unpaired) electrons. The fourth-order valence-electron chi connectivity index (χ4n) is 2.26. The Hall–Kier alpha value is -4.08. The van der Waals surface area contributed by atoms with E-state index in [1.807, 2.05) is 0 Å². The minimum Gasteiger partial charge on any atom is -0.543 e. The number of allylic oxidation sites excluding steroid dienone is 2. The second-order valence-corrected chi connectivity index (χ2v) is 6.21. The van der Waals surface area contributed by atoms with E-state index in [9.17, 15) is 19.8 Å². The number of carbonyl (C=O) groups excluding carboxylic acids is 4. The van der Waals surface area contributed by atoms with Crippen LogP contribution < -0.4 is 19.7 Å². The molecule has 2 aromatic rings. The third-order valence-corrected chi connectivity index (χ3v) is 3.85. The zero-order valence-corrected chi connectivity index (χ0v) is 19.1. The van der Waals surface area contributed by atoms with Crippen molar-refractivity contribution in [2.24, 2.45) is 0 Å². The van der Waals surface area contributed by atoms with E-state index in [-0.39, 0.29) is 46.6 Å². The van der Waals surface area contributed by atoms with Crippen molar-refractivity contribution in [1.82, 2.24) is 0 Å². The number of hydrogen-bond acceptors (Lipinski definition) is 10. The summed E-state index contributed by atoms with van der Waals surface area (Å²) < 4.78 is 10.00. The van der Waals surface area contributed by atoms with E-state index in [1.54, 1.807) is 36.4 Å². The normalized spacial score (nSPS) is 10.1. The Kier molecular flexibility index (Phi) is 13.1. The van der Waals surface area contributed by atoms with Crippen LogP contribution in [-0.2, 0) is 36.2 Å². The standard InChI is InChI=1S/C21H20O6.C2H2O4.Fe/c1-26-20-11-14(5-9-18(20)24)3-7-16(22)13-17(23)8-4-15-6-10-19(25)21(12-15)27-2;3-1(4)2(5)6;/h3-12,24-25H,13H2,1-2H3;(H,3,4)(H,5,6);/q;;+2/p-2/b7-3+,8-4+;;. The molecule has 0 saturated carbocycles. The van der Waals surface area contributed by atoms with E-state index in [4.69, 9.17) is 29.3 Å². The number of aliphatic carboxylic acids is 2. The van der Waals surface area contributed by atoms with Gasteiger partial charge in [0, 0.05) is 0 Å². The van der Waals surface area contributed by atoms with Gasteiger partial charge in [-0.3, -0.25) is 9.59 Å². The molecular weight excluding hydrogens is 492 g/mol. The monoisotopic (exact) mass is 512 g/mol. The molecule has 0 aliphatic heterocycles. The maximum atomic E-state index is 11.9. The first-order chi connectivity index (χ1) is 15.6. The number of carboxylic acids is 2. The predicted molar refractivity (Wildman–Crippen MR) is 112 cm³/mol. The molecule has 0 heterocycles. The van der Waals surface area contributed by atoms with Crippen molar-refractivity contribution in [3.05, 3.63) is 59.7 Å². The number of hydrogen-bond donors (Lipinski definition) is 2. The fourth-order valence-corrected chi connectivity index (χ4v) is 2.26. The number of carboxylic acid groups (broad SMARTS) is 2. The summed E-state index contributed by atoms with van der Waals surface area (Å²) in [6, 6.07) is 9.34. The van der Waals surface area contributed by atoms with Crippen molar-refractivity contribution in [3.63, 3.8) is 0 Å². The van der Waals surface area contributed by atoms with Crippen LogP contribution in [0, 0.1) is 0 Å². The number of phenolic OH excluding ortho intramolecular Hbond substituents is 2. The Labute approximate surface area is 205 Å². The summed E-state index contributed by atoms with van der Waals surface area (Å²) in [5.74, 6) is -4.45. The van der Waals surface area contributed by atoms with Crippen molar-refractivity contribution in [2.45, 2.75) is 6.42 Å². The van der Waals surface area contributed by atoms with Crippen LogP contribution in [0.5, 0.6) is 23.0 Å². The van der Waals surface area contributed by atoms with Crippen LogP contribution in [-0.4, -0.2) is 47.9 Å². The van der Waals surface area contributed by atoms with Crippen LogP contribution >= 0.6 is 0 Å². The minimum absolute atomic E-state index is 0. The second-order valence-electron chi connectivity index (χ2n) is 6.21. The molecule has 0 bridgehead atoms. The number of rotatable bonds is 8. The van der Waals surface area contributed by atoms with Crippen LogP contribution in [0.3, 0.4) is 0 Å². The van der Waals surface area contributed by atoms with Gasteiger partial charge in [0.05, 0.1) is 32.6 Å². The third kappa shape index (κ3) is 10.5. The molecule has 180 valence electrons. The molecule has 0 aromatic heterocycles. The smallest absolute Gasteiger partial charge is 0.543 e. The zero-order valence-electron chi connectivity index (χ0n) is 18.0. The first kappa shape index (κ1) is 29.9. The first-order valence-corrected chi connectivity index (χ1v) is 9.15. The molecule has 10 nitrogen and oxygen atoms in total. The Bertz CT molecular complexity index is 1000. The van der Waals surface area contributed by atoms with Crippen molar-refractivity contribution >= 4 is 35.7 Å². The van der Waals surface area contributed by atoms with E-state index >= 15 is 0 Å². The number of aromatic hydroxyl groups is 2. The Morgan fingerprint density at radius 3 is 1.41 bits per heavy atom. The van der Waals surface area contributed by atoms with Gasteiger partial charge in [-0.05, 0) is 47.5 Å². The quantitative estimate of drug-likeness (QED) is 0.210. The number of benzene rings is 2. The van der Waals surface area contributed by atoms with Gasteiger partial charge in [0.2, 0.25) is 0 Å². The van der Waals surface area contributed by atoms with Gasteiger partial charge in [-0.15, -0.1) is 0 Å². The molecule has 11 heteroatoms. The summed E-state index contributed by atoms with van der Waals surface area (Å²) in [4.78, 5) is 41.7. The molecular formula is C23H20FeO10. The van der Waals surface area contributed by atoms with E-state index in [0.29, 0.717) is 22.6 Å². The minimum atomic E-state index is -2.19. The number of carbonyl (C=O) groups is 4. The van der Waals surface area contributed by atoms with Gasteiger partial charge in [0.25, 0.3) is 0 Å². The first-order valence-electron chi connectivity index (χ1n) is 9.15. The molecule has 0 amide bonds. The average molecular weight is 512 g/mol. The van der Waals surface area contributed by atoms with Crippen LogP contribution in [0.4, 0.5) is 0 Å². The van der Waals surface area contributed by atoms with Gasteiger partial charge in [-0.25, -0.2) is 0 Å². The van der Waals surface area contributed by atoms with Crippen LogP contribution in [0.2, 0.25) is 0 Å². The molecule has 0 aliphatic rings. The molecule has 2 N–H and O–H groups in total. The van der Waals surface area contributed by atoms with Gasteiger partial charge in [-0.2, -0.15) is 0 Å². The van der Waals surface area contributed by atoms with Crippen molar-refractivity contribution in [3.8, 4) is 23.0 Å². The molecule has 0 spiro atoms. The summed E-state index contributed by atoms with van der Waals surface area (Å²) in [5, 5.41) is 36.9. The van der Waals surface area contributed by atoms with Gasteiger partial charge in [0.1, 0.15) is 0 Å². The Morgan fingerprint density at radius 2 is 1.12 bits per heavy atom. The summed E-state index contributed by atoms with van der Waals surface area (Å²) in [7, 11) is 2.87. The number of ether oxygens (including phenoxy) is 2. The van der Waals surface area contributed by atoms with Crippen LogP contribution in [0.25, 0.3) is 12.2 Å². The van der Waals surface area contributed by atoms with E-state index in [1.165, 1.54) is 38.5 Å². The van der Waals surface area contributed by atoms with E-state index in [0.717, 1.165) is 0 Å². The van der Waals surface area contributed by atoms with Crippen molar-refractivity contribution < 1.29 is 66.1 Å². The topological polar surface area (TPSA) is 173 Å². The van der Waals surface area contributed by atoms with Crippen molar-refractivity contribution in [2.75, 3.05) is 14.2 Å². The molecule has 0 fully saturated rings. The zero-order chi connectivity index (χ0) is 25.0. The SMILES string of the molecule is COc1cc(/C=C/C(=O)CC(=O)/C=C/c2ccc(O)c(OC)c2)ccc1O.O=C([O-])C(=O)[O-].[Fe+2]. The molecule has 34 heavy (non-hydrogen) atoms. The summed E-state index contributed by atoms with van der Waals surface area (Å²) in [5.41, 5.74) is 1.33. The van der Waals surface area contributed by atoms with Crippen molar-refractivity contribution in [1.29, 1.82) is 0 Å². The third-order valence-electron chi connectivity index (χ3n) is 3.85. The maximum absolute atomic E-state index is 11.9. The van der Waals surface area contributed by atoms with Crippen LogP contribution in [0.1, 0.15) is 17.5 Å². The molecule has 2 aromatic carbocycles. The molecule has 0 atom stereocenters. The van der Waals surface area contributed by atoms with Crippen LogP contribution in [0.15, 0.2) is 48.6 Å². The largest absolute Gasteiger partial charge is 2.00 e. The summed E-state index contributed by atoms with van der Waals surface area (Å²) in [6.45, 7) is 0. The molecule has 0 unspecified atom stereocenters. The average Bonchev–Trinajstić information content (AvgIpc) is 2.78. The van der Waals surface area contributed by atoms with Gasteiger partial charge in [-0.1, -0.05) is 24.3 Å². The maximum Gasteiger partial charge on any atom is 2.00 e. The van der Waals surface area contributed by atoms with E-state index in [2.05, 4.69) is 0 Å². The fraction of sp³-hybridized carbons (Fsp3) is 0.130.